The molecule has 0 radical (unpaired) electrons. The van der Waals surface area contributed by atoms with E-state index in [2.05, 4.69) is 0 Å². The van der Waals surface area contributed by atoms with Gasteiger partial charge in [0.2, 0.25) is 0 Å². The Hall–Kier alpha value is -0.905. The molecule has 1 aromatic rings. The van der Waals surface area contributed by atoms with Gasteiger partial charge in [0.05, 0.1) is 6.61 Å². The molecule has 0 atom stereocenters. The van der Waals surface area contributed by atoms with Gasteiger partial charge in [-0.05, 0) is 11.6 Å². The first-order chi connectivity index (χ1) is 6.15. The Balaban J connectivity index is 2.92. The largest absolute Gasteiger partial charge is 0.491 e. The number of methoxy groups -OCH3 is 1. The van der Waals surface area contributed by atoms with Crippen molar-refractivity contribution in [1.82, 2.24) is 0 Å². The van der Waals surface area contributed by atoms with Gasteiger partial charge in [-0.1, -0.05) is 12.1 Å². The molecular formula is C8H10BFO3. The predicted molar refractivity (Wildman–Crippen MR) is 46.9 cm³/mol. The van der Waals surface area contributed by atoms with Crippen molar-refractivity contribution in [2.75, 3.05) is 7.11 Å². The van der Waals surface area contributed by atoms with E-state index in [-0.39, 0.29) is 5.46 Å². The molecule has 0 amide bonds. The first-order valence-corrected chi connectivity index (χ1v) is 3.78. The van der Waals surface area contributed by atoms with Gasteiger partial charge >= 0.3 is 7.12 Å². The van der Waals surface area contributed by atoms with Gasteiger partial charge in [-0.2, -0.15) is 0 Å². The van der Waals surface area contributed by atoms with Gasteiger partial charge in [-0.3, -0.25) is 0 Å². The first-order valence-electron chi connectivity index (χ1n) is 3.78. The van der Waals surface area contributed by atoms with Crippen molar-refractivity contribution in [2.45, 2.75) is 6.61 Å². The van der Waals surface area contributed by atoms with E-state index in [9.17, 15) is 4.39 Å². The highest BCUT2D eigenvalue weighted by atomic mass is 19.1. The lowest BCUT2D eigenvalue weighted by Crippen LogP contribution is -2.32. The smallest absolute Gasteiger partial charge is 0.423 e. The van der Waals surface area contributed by atoms with Crippen LogP contribution >= 0.6 is 0 Å². The number of benzene rings is 1. The van der Waals surface area contributed by atoms with Gasteiger partial charge < -0.3 is 14.8 Å². The molecule has 3 nitrogen and oxygen atoms in total. The van der Waals surface area contributed by atoms with E-state index in [1.54, 1.807) is 6.07 Å². The molecule has 5 heteroatoms. The summed E-state index contributed by atoms with van der Waals surface area (Å²) in [4.78, 5) is 0. The van der Waals surface area contributed by atoms with E-state index >= 15 is 0 Å². The second-order valence-corrected chi connectivity index (χ2v) is 2.66. The van der Waals surface area contributed by atoms with Crippen LogP contribution in [0.3, 0.4) is 0 Å². The average Bonchev–Trinajstić information content (AvgIpc) is 2.04. The van der Waals surface area contributed by atoms with Crippen molar-refractivity contribution < 1.29 is 19.2 Å². The normalized spacial score (nSPS) is 10.2. The summed E-state index contributed by atoms with van der Waals surface area (Å²) < 4.78 is 17.8. The van der Waals surface area contributed by atoms with Gasteiger partial charge in [0, 0.05) is 12.6 Å². The molecule has 0 bridgehead atoms. The second-order valence-electron chi connectivity index (χ2n) is 2.66. The van der Waals surface area contributed by atoms with Gasteiger partial charge in [-0.25, -0.2) is 4.39 Å². The van der Waals surface area contributed by atoms with Crippen molar-refractivity contribution in [3.8, 4) is 0 Å². The Morgan fingerprint density at radius 3 is 2.62 bits per heavy atom. The lowest BCUT2D eigenvalue weighted by Gasteiger charge is -2.04. The fourth-order valence-electron chi connectivity index (χ4n) is 1.04. The van der Waals surface area contributed by atoms with Crippen LogP contribution in [-0.2, 0) is 11.3 Å². The van der Waals surface area contributed by atoms with Crippen molar-refractivity contribution in [1.29, 1.82) is 0 Å². The zero-order valence-corrected chi connectivity index (χ0v) is 7.20. The number of hydrogen-bond acceptors (Lipinski definition) is 3. The molecule has 0 aliphatic rings. The molecule has 13 heavy (non-hydrogen) atoms. The molecule has 0 spiro atoms. The quantitative estimate of drug-likeness (QED) is 0.631. The van der Waals surface area contributed by atoms with Crippen molar-refractivity contribution in [2.24, 2.45) is 0 Å². The maximum absolute atomic E-state index is 13.0. The standard InChI is InChI=1S/C8H10BFO3/c1-13-5-6-2-3-7(9(11)12)8(10)4-6/h2-4,11-12H,5H2,1H3. The summed E-state index contributed by atoms with van der Waals surface area (Å²) in [6.07, 6.45) is 0. The minimum absolute atomic E-state index is 0.125. The van der Waals surface area contributed by atoms with E-state index < -0.39 is 12.9 Å². The summed E-state index contributed by atoms with van der Waals surface area (Å²) >= 11 is 0. The molecule has 0 aliphatic carbocycles. The zero-order chi connectivity index (χ0) is 9.84. The van der Waals surface area contributed by atoms with Crippen LogP contribution in [0.2, 0.25) is 0 Å². The van der Waals surface area contributed by atoms with Crippen molar-refractivity contribution in [3.63, 3.8) is 0 Å². The van der Waals surface area contributed by atoms with Crippen LogP contribution < -0.4 is 5.46 Å². The highest BCUT2D eigenvalue weighted by Crippen LogP contribution is 2.03. The fraction of sp³-hybridized carbons (Fsp3) is 0.250. The molecule has 0 aromatic heterocycles. The molecule has 70 valence electrons. The maximum Gasteiger partial charge on any atom is 0.491 e. The molecule has 0 saturated heterocycles. The summed E-state index contributed by atoms with van der Waals surface area (Å²) in [6.45, 7) is 0.304. The number of ether oxygens (including phenoxy) is 1. The predicted octanol–water partition coefficient (Wildman–Crippen LogP) is -0.348. The van der Waals surface area contributed by atoms with Crippen LogP contribution in [0.25, 0.3) is 0 Å². The van der Waals surface area contributed by atoms with Gasteiger partial charge in [-0.15, -0.1) is 0 Å². The van der Waals surface area contributed by atoms with Gasteiger partial charge in [0.1, 0.15) is 5.82 Å². The minimum Gasteiger partial charge on any atom is -0.423 e. The lowest BCUT2D eigenvalue weighted by molar-refractivity contribution is 0.184. The van der Waals surface area contributed by atoms with Crippen LogP contribution in [0.15, 0.2) is 18.2 Å². The van der Waals surface area contributed by atoms with Crippen molar-refractivity contribution in [3.05, 3.63) is 29.6 Å². The highest BCUT2D eigenvalue weighted by Gasteiger charge is 2.15. The third-order valence-electron chi connectivity index (χ3n) is 1.65. The molecule has 0 fully saturated rings. The van der Waals surface area contributed by atoms with Crippen LogP contribution in [-0.4, -0.2) is 24.3 Å². The molecule has 0 saturated carbocycles. The number of hydrogen-bond donors (Lipinski definition) is 2. The van der Waals surface area contributed by atoms with E-state index in [4.69, 9.17) is 14.8 Å². The lowest BCUT2D eigenvalue weighted by atomic mass is 9.79. The fourth-order valence-corrected chi connectivity index (χ4v) is 1.04. The third-order valence-corrected chi connectivity index (χ3v) is 1.65. The molecular weight excluding hydrogens is 174 g/mol. The first kappa shape index (κ1) is 10.2. The average molecular weight is 184 g/mol. The zero-order valence-electron chi connectivity index (χ0n) is 7.20. The SMILES string of the molecule is COCc1ccc(B(O)O)c(F)c1. The monoisotopic (exact) mass is 184 g/mol. The summed E-state index contributed by atoms with van der Waals surface area (Å²) in [5.74, 6) is -0.635. The Kier molecular flexibility index (Phi) is 3.42. The van der Waals surface area contributed by atoms with E-state index in [1.165, 1.54) is 19.2 Å². The van der Waals surface area contributed by atoms with Gasteiger partial charge in [0.15, 0.2) is 0 Å². The van der Waals surface area contributed by atoms with Crippen LogP contribution in [0.4, 0.5) is 4.39 Å². The Morgan fingerprint density at radius 1 is 1.46 bits per heavy atom. The highest BCUT2D eigenvalue weighted by molar-refractivity contribution is 6.58. The molecule has 0 heterocycles. The second kappa shape index (κ2) is 4.36. The Labute approximate surface area is 75.9 Å². The Bertz CT molecular complexity index is 291. The summed E-state index contributed by atoms with van der Waals surface area (Å²) in [5.41, 5.74) is 0.532. The third kappa shape index (κ3) is 2.52. The topological polar surface area (TPSA) is 49.7 Å². The molecule has 0 aliphatic heterocycles. The minimum atomic E-state index is -1.77. The molecule has 1 rings (SSSR count). The number of rotatable bonds is 3. The van der Waals surface area contributed by atoms with Crippen LogP contribution in [0.5, 0.6) is 0 Å². The van der Waals surface area contributed by atoms with Crippen molar-refractivity contribution >= 4 is 12.6 Å². The summed E-state index contributed by atoms with van der Waals surface area (Å²) in [5, 5.41) is 17.4. The summed E-state index contributed by atoms with van der Waals surface area (Å²) in [7, 11) is -0.260. The molecule has 0 unspecified atom stereocenters. The van der Waals surface area contributed by atoms with Gasteiger partial charge in [0.25, 0.3) is 0 Å². The molecule has 2 N–H and O–H groups in total. The molecule has 1 aromatic carbocycles. The van der Waals surface area contributed by atoms with E-state index in [0.717, 1.165) is 0 Å². The van der Waals surface area contributed by atoms with Crippen LogP contribution in [0, 0.1) is 5.82 Å². The van der Waals surface area contributed by atoms with Crippen LogP contribution in [0.1, 0.15) is 5.56 Å². The van der Waals surface area contributed by atoms with E-state index in [0.29, 0.717) is 12.2 Å². The Morgan fingerprint density at radius 2 is 2.15 bits per heavy atom. The maximum atomic E-state index is 13.0. The summed E-state index contributed by atoms with van der Waals surface area (Å²) in [6, 6.07) is 4.13. The van der Waals surface area contributed by atoms with E-state index in [1.807, 2.05) is 0 Å². The number of halogens is 1.